The molecule has 0 spiro atoms. The molecule has 1 nitrogen and oxygen atoms in total. The molecule has 12 heavy (non-hydrogen) atoms. The van der Waals surface area contributed by atoms with Gasteiger partial charge in [0.05, 0.1) is 0 Å². The van der Waals surface area contributed by atoms with Crippen molar-refractivity contribution in [3.05, 3.63) is 11.6 Å². The minimum atomic E-state index is 0.172. The van der Waals surface area contributed by atoms with Crippen LogP contribution in [-0.4, -0.2) is 5.78 Å². The highest BCUT2D eigenvalue weighted by atomic mass is 16.1. The monoisotopic (exact) mass is 168 g/mol. The zero-order chi connectivity index (χ0) is 9.72. The second-order valence-electron chi connectivity index (χ2n) is 3.98. The van der Waals surface area contributed by atoms with Crippen LogP contribution in [0.25, 0.3) is 0 Å². The van der Waals surface area contributed by atoms with Gasteiger partial charge in [0.2, 0.25) is 0 Å². The van der Waals surface area contributed by atoms with Crippen LogP contribution >= 0.6 is 0 Å². The Kier molecular flexibility index (Phi) is 4.87. The molecule has 0 N–H and O–H groups in total. The molecule has 1 unspecified atom stereocenters. The number of carbonyl (C=O) groups excluding carboxylic acids is 1. The maximum absolute atomic E-state index is 11.4. The third-order valence-electron chi connectivity index (χ3n) is 1.93. The van der Waals surface area contributed by atoms with Crippen LogP contribution in [0.3, 0.4) is 0 Å². The summed E-state index contributed by atoms with van der Waals surface area (Å²) in [4.78, 5) is 11.4. The normalized spacial score (nSPS) is 12.8. The van der Waals surface area contributed by atoms with E-state index >= 15 is 0 Å². The number of Topliss-reactive ketones (excluding diaryl/α,β-unsaturated/α-hetero) is 1. The number of carbonyl (C=O) groups is 1. The summed E-state index contributed by atoms with van der Waals surface area (Å²) in [5.41, 5.74) is 1.29. The second-order valence-corrected chi connectivity index (χ2v) is 3.98. The van der Waals surface area contributed by atoms with Gasteiger partial charge in [-0.2, -0.15) is 0 Å². The lowest BCUT2D eigenvalue weighted by Crippen LogP contribution is -2.16. The fraction of sp³-hybridized carbons (Fsp3) is 0.727. The predicted octanol–water partition coefficient (Wildman–Crippen LogP) is 3.20. The molecule has 0 bridgehead atoms. The van der Waals surface area contributed by atoms with Gasteiger partial charge in [-0.1, -0.05) is 32.4 Å². The summed E-state index contributed by atoms with van der Waals surface area (Å²) in [5.74, 6) is 0.720. The molecule has 0 aromatic rings. The molecule has 0 aliphatic rings. The Bertz CT molecular complexity index is 173. The standard InChI is InChI=1S/C11H20O/c1-8(2)6-7-10(5)11(12)9(3)4/h6,9-10H,7H2,1-5H3. The highest BCUT2D eigenvalue weighted by molar-refractivity contribution is 5.82. The number of ketones is 1. The Morgan fingerprint density at radius 1 is 1.25 bits per heavy atom. The van der Waals surface area contributed by atoms with Crippen molar-refractivity contribution in [2.75, 3.05) is 0 Å². The molecule has 0 radical (unpaired) electrons. The maximum Gasteiger partial charge on any atom is 0.138 e. The zero-order valence-corrected chi connectivity index (χ0v) is 8.85. The second kappa shape index (κ2) is 5.13. The molecule has 1 atom stereocenters. The van der Waals surface area contributed by atoms with E-state index in [1.165, 1.54) is 5.57 Å². The fourth-order valence-electron chi connectivity index (χ4n) is 1.10. The summed E-state index contributed by atoms with van der Waals surface area (Å²) in [6.45, 7) is 10.0. The number of rotatable bonds is 4. The lowest BCUT2D eigenvalue weighted by Gasteiger charge is -2.10. The van der Waals surface area contributed by atoms with Gasteiger partial charge in [-0.05, 0) is 20.3 Å². The molecule has 0 rings (SSSR count). The van der Waals surface area contributed by atoms with Crippen molar-refractivity contribution in [1.82, 2.24) is 0 Å². The third-order valence-corrected chi connectivity index (χ3v) is 1.93. The van der Waals surface area contributed by atoms with Gasteiger partial charge in [-0.15, -0.1) is 0 Å². The molecule has 0 saturated carbocycles. The van der Waals surface area contributed by atoms with Crippen LogP contribution in [0.4, 0.5) is 0 Å². The highest BCUT2D eigenvalue weighted by Gasteiger charge is 2.14. The van der Waals surface area contributed by atoms with E-state index in [4.69, 9.17) is 0 Å². The van der Waals surface area contributed by atoms with Gasteiger partial charge >= 0.3 is 0 Å². The van der Waals surface area contributed by atoms with Crippen LogP contribution in [0.15, 0.2) is 11.6 Å². The average molecular weight is 168 g/mol. The van der Waals surface area contributed by atoms with Crippen molar-refractivity contribution in [1.29, 1.82) is 0 Å². The first-order valence-corrected chi connectivity index (χ1v) is 4.62. The van der Waals surface area contributed by atoms with Gasteiger partial charge in [0, 0.05) is 11.8 Å². The SMILES string of the molecule is CC(C)=CCC(C)C(=O)C(C)C. The molecular formula is C11H20O. The minimum absolute atomic E-state index is 0.172. The number of allylic oxidation sites excluding steroid dienone is 2. The molecule has 0 aromatic carbocycles. The van der Waals surface area contributed by atoms with Crippen LogP contribution in [0.1, 0.15) is 41.0 Å². The van der Waals surface area contributed by atoms with Gasteiger partial charge in [0.1, 0.15) is 5.78 Å². The summed E-state index contributed by atoms with van der Waals surface area (Å²) in [6.07, 6.45) is 3.02. The van der Waals surface area contributed by atoms with Crippen molar-refractivity contribution in [2.45, 2.75) is 41.0 Å². The van der Waals surface area contributed by atoms with E-state index in [9.17, 15) is 4.79 Å². The predicted molar refractivity (Wildman–Crippen MR) is 53.1 cm³/mol. The van der Waals surface area contributed by atoms with E-state index in [0.29, 0.717) is 5.78 Å². The molecule has 0 aromatic heterocycles. The van der Waals surface area contributed by atoms with E-state index in [-0.39, 0.29) is 11.8 Å². The number of hydrogen-bond acceptors (Lipinski definition) is 1. The van der Waals surface area contributed by atoms with Crippen molar-refractivity contribution < 1.29 is 4.79 Å². The van der Waals surface area contributed by atoms with E-state index < -0.39 is 0 Å². The van der Waals surface area contributed by atoms with Crippen molar-refractivity contribution >= 4 is 5.78 Å². The van der Waals surface area contributed by atoms with Crippen LogP contribution in [0.2, 0.25) is 0 Å². The molecule has 0 aliphatic carbocycles. The molecule has 0 fully saturated rings. The molecule has 0 saturated heterocycles. The molecule has 0 amide bonds. The summed E-state index contributed by atoms with van der Waals surface area (Å²) >= 11 is 0. The van der Waals surface area contributed by atoms with Crippen LogP contribution < -0.4 is 0 Å². The van der Waals surface area contributed by atoms with Crippen LogP contribution in [0.5, 0.6) is 0 Å². The van der Waals surface area contributed by atoms with Gasteiger partial charge in [-0.25, -0.2) is 0 Å². The smallest absolute Gasteiger partial charge is 0.138 e. The Morgan fingerprint density at radius 2 is 1.75 bits per heavy atom. The lowest BCUT2D eigenvalue weighted by atomic mass is 9.94. The van der Waals surface area contributed by atoms with Gasteiger partial charge in [0.25, 0.3) is 0 Å². The summed E-state index contributed by atoms with van der Waals surface area (Å²) in [6, 6.07) is 0. The van der Waals surface area contributed by atoms with Crippen molar-refractivity contribution in [2.24, 2.45) is 11.8 Å². The Labute approximate surface area is 75.9 Å². The fourth-order valence-corrected chi connectivity index (χ4v) is 1.10. The Balaban J connectivity index is 3.96. The third kappa shape index (κ3) is 4.32. The summed E-state index contributed by atoms with van der Waals surface area (Å²) in [5, 5.41) is 0. The largest absolute Gasteiger partial charge is 0.299 e. The molecule has 1 heteroatoms. The number of hydrogen-bond donors (Lipinski definition) is 0. The van der Waals surface area contributed by atoms with E-state index in [1.54, 1.807) is 0 Å². The minimum Gasteiger partial charge on any atom is -0.299 e. The first-order chi connectivity index (χ1) is 5.45. The zero-order valence-electron chi connectivity index (χ0n) is 8.85. The van der Waals surface area contributed by atoms with E-state index in [1.807, 2.05) is 20.8 Å². The van der Waals surface area contributed by atoms with Gasteiger partial charge in [0.15, 0.2) is 0 Å². The van der Waals surface area contributed by atoms with Crippen molar-refractivity contribution in [3.63, 3.8) is 0 Å². The maximum atomic E-state index is 11.4. The van der Waals surface area contributed by atoms with Crippen LogP contribution in [-0.2, 0) is 4.79 Å². The summed E-state index contributed by atoms with van der Waals surface area (Å²) in [7, 11) is 0. The average Bonchev–Trinajstić information content (AvgIpc) is 1.98. The quantitative estimate of drug-likeness (QED) is 0.589. The first kappa shape index (κ1) is 11.4. The molecule has 0 heterocycles. The van der Waals surface area contributed by atoms with E-state index in [2.05, 4.69) is 19.9 Å². The molecule has 70 valence electrons. The molecule has 0 aliphatic heterocycles. The first-order valence-electron chi connectivity index (χ1n) is 4.62. The molecular weight excluding hydrogens is 148 g/mol. The van der Waals surface area contributed by atoms with Crippen molar-refractivity contribution in [3.8, 4) is 0 Å². The van der Waals surface area contributed by atoms with Gasteiger partial charge < -0.3 is 0 Å². The van der Waals surface area contributed by atoms with Crippen LogP contribution in [0, 0.1) is 11.8 Å². The topological polar surface area (TPSA) is 17.1 Å². The lowest BCUT2D eigenvalue weighted by molar-refractivity contribution is -0.125. The highest BCUT2D eigenvalue weighted by Crippen LogP contribution is 2.11. The van der Waals surface area contributed by atoms with Gasteiger partial charge in [-0.3, -0.25) is 4.79 Å². The Morgan fingerprint density at radius 3 is 2.08 bits per heavy atom. The van der Waals surface area contributed by atoms with E-state index in [0.717, 1.165) is 6.42 Å². The Hall–Kier alpha value is -0.590. The summed E-state index contributed by atoms with van der Waals surface area (Å²) < 4.78 is 0.